The Hall–Kier alpha value is -3.38. The van der Waals surface area contributed by atoms with Crippen molar-refractivity contribution in [3.63, 3.8) is 0 Å². The normalized spacial score (nSPS) is 11.8. The smallest absolute Gasteiger partial charge is 0.422 e. The second kappa shape index (κ2) is 9.83. The van der Waals surface area contributed by atoms with Crippen molar-refractivity contribution in [3.05, 3.63) is 46.8 Å². The summed E-state index contributed by atoms with van der Waals surface area (Å²) in [6, 6.07) is 3.25. The molecule has 0 radical (unpaired) electrons. The van der Waals surface area contributed by atoms with E-state index in [1.54, 1.807) is 13.8 Å². The minimum Gasteiger partial charge on any atom is -0.468 e. The molecule has 2 aromatic heterocycles. The lowest BCUT2D eigenvalue weighted by Crippen LogP contribution is -2.24. The van der Waals surface area contributed by atoms with E-state index in [9.17, 15) is 35.9 Å². The Balaban J connectivity index is 2.16. The van der Waals surface area contributed by atoms with E-state index in [1.165, 1.54) is 12.1 Å². The van der Waals surface area contributed by atoms with E-state index in [2.05, 4.69) is 25.3 Å². The third-order valence-corrected chi connectivity index (χ3v) is 3.84. The number of alkyl halides is 6. The molecule has 0 saturated carbocycles. The molecule has 0 fully saturated rings. The molecule has 13 heteroatoms. The van der Waals surface area contributed by atoms with Gasteiger partial charge in [-0.2, -0.15) is 26.3 Å². The standard InChI is InChI=1S/C19H18F6N4O3/c1-3-15(30)29-14-6-12(4-10(2)28-14)16(31)26-7-11-5-13(19(23,24)25)17(27-8-11)32-9-18(20,21)22/h4-6,8H,3,7,9H2,1-2H3,(H,26,31)(H,28,29,30). The molecule has 0 unspecified atom stereocenters. The Labute approximate surface area is 178 Å². The zero-order chi connectivity index (χ0) is 24.1. The highest BCUT2D eigenvalue weighted by Crippen LogP contribution is 2.36. The van der Waals surface area contributed by atoms with Gasteiger partial charge in [-0.15, -0.1) is 0 Å². The molecule has 0 atom stereocenters. The van der Waals surface area contributed by atoms with Crippen LogP contribution in [0.4, 0.5) is 32.2 Å². The molecule has 0 spiro atoms. The lowest BCUT2D eigenvalue weighted by atomic mass is 10.1. The first kappa shape index (κ1) is 24.9. The molecule has 0 bridgehead atoms. The zero-order valence-electron chi connectivity index (χ0n) is 16.8. The predicted molar refractivity (Wildman–Crippen MR) is 99.9 cm³/mol. The van der Waals surface area contributed by atoms with Crippen LogP contribution in [0.25, 0.3) is 0 Å². The number of halogens is 6. The molecule has 0 aliphatic heterocycles. The summed E-state index contributed by atoms with van der Waals surface area (Å²) >= 11 is 0. The van der Waals surface area contributed by atoms with Gasteiger partial charge in [0.15, 0.2) is 6.61 Å². The average molecular weight is 464 g/mol. The number of rotatable bonds is 7. The van der Waals surface area contributed by atoms with Gasteiger partial charge in [-0.3, -0.25) is 9.59 Å². The summed E-state index contributed by atoms with van der Waals surface area (Å²) in [5.74, 6) is -2.08. The van der Waals surface area contributed by atoms with Crippen LogP contribution in [0.2, 0.25) is 0 Å². The fourth-order valence-corrected chi connectivity index (χ4v) is 2.44. The number of nitrogens with one attached hydrogen (secondary N) is 2. The predicted octanol–water partition coefficient (Wildman–Crippen LogP) is 4.02. The lowest BCUT2D eigenvalue weighted by molar-refractivity contribution is -0.159. The Morgan fingerprint density at radius 2 is 1.78 bits per heavy atom. The summed E-state index contributed by atoms with van der Waals surface area (Å²) in [5.41, 5.74) is -1.11. The second-order valence-corrected chi connectivity index (χ2v) is 6.56. The molecule has 0 saturated heterocycles. The number of hydrogen-bond donors (Lipinski definition) is 2. The van der Waals surface area contributed by atoms with Crippen LogP contribution >= 0.6 is 0 Å². The summed E-state index contributed by atoms with van der Waals surface area (Å²) in [7, 11) is 0. The first-order valence-electron chi connectivity index (χ1n) is 9.11. The van der Waals surface area contributed by atoms with Gasteiger partial charge in [0.2, 0.25) is 11.8 Å². The topological polar surface area (TPSA) is 93.2 Å². The van der Waals surface area contributed by atoms with Crippen molar-refractivity contribution in [1.29, 1.82) is 0 Å². The average Bonchev–Trinajstić information content (AvgIpc) is 2.68. The number of carbonyl (C=O) groups excluding carboxylic acids is 2. The monoisotopic (exact) mass is 464 g/mol. The number of aryl methyl sites for hydroxylation is 1. The summed E-state index contributed by atoms with van der Waals surface area (Å²) < 4.78 is 80.5. The molecule has 2 rings (SSSR count). The minimum atomic E-state index is -5.03. The maximum absolute atomic E-state index is 13.2. The highest BCUT2D eigenvalue weighted by Gasteiger charge is 2.37. The van der Waals surface area contributed by atoms with Crippen molar-refractivity contribution in [2.24, 2.45) is 0 Å². The fourth-order valence-electron chi connectivity index (χ4n) is 2.44. The summed E-state index contributed by atoms with van der Waals surface area (Å²) in [6.07, 6.45) is -8.81. The number of amides is 2. The van der Waals surface area contributed by atoms with Crippen LogP contribution in [0.5, 0.6) is 5.88 Å². The largest absolute Gasteiger partial charge is 0.468 e. The Morgan fingerprint density at radius 1 is 1.09 bits per heavy atom. The maximum atomic E-state index is 13.2. The molecule has 0 aliphatic carbocycles. The number of carbonyl (C=O) groups is 2. The van der Waals surface area contributed by atoms with E-state index < -0.39 is 42.9 Å². The lowest BCUT2D eigenvalue weighted by Gasteiger charge is -2.15. The Morgan fingerprint density at radius 3 is 2.38 bits per heavy atom. The van der Waals surface area contributed by atoms with Crippen molar-refractivity contribution in [1.82, 2.24) is 15.3 Å². The van der Waals surface area contributed by atoms with Gasteiger partial charge in [0.1, 0.15) is 11.4 Å². The van der Waals surface area contributed by atoms with E-state index in [-0.39, 0.29) is 29.3 Å². The molecular formula is C19H18F6N4O3. The zero-order valence-corrected chi connectivity index (χ0v) is 16.8. The minimum absolute atomic E-state index is 0.0954. The van der Waals surface area contributed by atoms with Gasteiger partial charge in [0, 0.05) is 30.4 Å². The van der Waals surface area contributed by atoms with Crippen molar-refractivity contribution in [2.45, 2.75) is 39.2 Å². The van der Waals surface area contributed by atoms with Crippen LogP contribution in [-0.2, 0) is 17.5 Å². The first-order chi connectivity index (χ1) is 14.8. The van der Waals surface area contributed by atoms with Gasteiger partial charge in [0.25, 0.3) is 5.91 Å². The third-order valence-electron chi connectivity index (χ3n) is 3.84. The molecule has 2 amide bonds. The van der Waals surface area contributed by atoms with Gasteiger partial charge < -0.3 is 15.4 Å². The summed E-state index contributed by atoms with van der Waals surface area (Å²) in [5, 5.41) is 4.88. The summed E-state index contributed by atoms with van der Waals surface area (Å²) in [4.78, 5) is 31.3. The molecule has 32 heavy (non-hydrogen) atoms. The molecule has 0 aromatic carbocycles. The van der Waals surface area contributed by atoms with Crippen LogP contribution in [0.1, 0.15) is 40.5 Å². The second-order valence-electron chi connectivity index (χ2n) is 6.56. The molecule has 7 nitrogen and oxygen atoms in total. The van der Waals surface area contributed by atoms with Gasteiger partial charge >= 0.3 is 12.4 Å². The molecule has 2 aromatic rings. The Kier molecular flexibility index (Phi) is 7.65. The number of aromatic nitrogens is 2. The van der Waals surface area contributed by atoms with Crippen LogP contribution in [0.15, 0.2) is 24.4 Å². The fraction of sp³-hybridized carbons (Fsp3) is 0.368. The van der Waals surface area contributed by atoms with Crippen molar-refractivity contribution in [2.75, 3.05) is 11.9 Å². The summed E-state index contributed by atoms with van der Waals surface area (Å²) in [6.45, 7) is 0.878. The van der Waals surface area contributed by atoms with Gasteiger partial charge in [-0.1, -0.05) is 6.92 Å². The van der Waals surface area contributed by atoms with E-state index >= 15 is 0 Å². The SMILES string of the molecule is CCC(=O)Nc1cc(C(=O)NCc2cnc(OCC(F)(F)F)c(C(F)(F)F)c2)cc(C)n1. The van der Waals surface area contributed by atoms with Crippen molar-refractivity contribution < 1.29 is 40.7 Å². The van der Waals surface area contributed by atoms with Gasteiger partial charge in [0.05, 0.1) is 0 Å². The van der Waals surface area contributed by atoms with E-state index in [0.717, 1.165) is 6.20 Å². The number of hydrogen-bond acceptors (Lipinski definition) is 5. The highest BCUT2D eigenvalue weighted by molar-refractivity contribution is 5.96. The van der Waals surface area contributed by atoms with E-state index in [4.69, 9.17) is 0 Å². The number of ether oxygens (including phenoxy) is 1. The van der Waals surface area contributed by atoms with Gasteiger partial charge in [-0.25, -0.2) is 9.97 Å². The van der Waals surface area contributed by atoms with Crippen LogP contribution < -0.4 is 15.4 Å². The first-order valence-corrected chi connectivity index (χ1v) is 9.11. The van der Waals surface area contributed by atoms with Crippen LogP contribution in [0, 0.1) is 6.92 Å². The quantitative estimate of drug-likeness (QED) is 0.604. The molecule has 2 heterocycles. The molecule has 174 valence electrons. The number of pyridine rings is 2. The van der Waals surface area contributed by atoms with Crippen LogP contribution in [-0.4, -0.2) is 34.6 Å². The van der Waals surface area contributed by atoms with Crippen molar-refractivity contribution in [3.8, 4) is 5.88 Å². The van der Waals surface area contributed by atoms with Gasteiger partial charge in [-0.05, 0) is 30.7 Å². The Bertz CT molecular complexity index is 992. The van der Waals surface area contributed by atoms with Crippen molar-refractivity contribution >= 4 is 17.6 Å². The molecule has 0 aliphatic rings. The third kappa shape index (κ3) is 7.39. The molecule has 2 N–H and O–H groups in total. The number of anilines is 1. The number of nitrogens with zero attached hydrogens (tertiary/aromatic N) is 2. The van der Waals surface area contributed by atoms with Crippen LogP contribution in [0.3, 0.4) is 0 Å². The maximum Gasteiger partial charge on any atom is 0.422 e. The van der Waals surface area contributed by atoms with E-state index in [1.807, 2.05) is 0 Å². The molecular weight excluding hydrogens is 446 g/mol. The van der Waals surface area contributed by atoms with E-state index in [0.29, 0.717) is 11.8 Å². The highest BCUT2D eigenvalue weighted by atomic mass is 19.4.